The van der Waals surface area contributed by atoms with E-state index in [1.54, 1.807) is 18.5 Å². The number of carbonyl (C=O) groups excluding carboxylic acids is 1. The lowest BCUT2D eigenvalue weighted by molar-refractivity contribution is 0.192. The molecular formula is C25H30ClN5O2. The van der Waals surface area contributed by atoms with Gasteiger partial charge in [-0.05, 0) is 75.2 Å². The Labute approximate surface area is 200 Å². The van der Waals surface area contributed by atoms with Crippen LogP contribution >= 0.6 is 11.6 Å². The molecule has 1 saturated heterocycles. The number of hydrogen-bond donors (Lipinski definition) is 0. The molecular weight excluding hydrogens is 438 g/mol. The highest BCUT2D eigenvalue weighted by atomic mass is 35.5. The van der Waals surface area contributed by atoms with Crippen molar-refractivity contribution in [2.45, 2.75) is 32.4 Å². The normalized spacial score (nSPS) is 22.8. The second kappa shape index (κ2) is 10.4. The Kier molecular flexibility index (Phi) is 7.30. The van der Waals surface area contributed by atoms with Gasteiger partial charge in [0.05, 0.1) is 17.4 Å². The summed E-state index contributed by atoms with van der Waals surface area (Å²) < 4.78 is 7.16. The summed E-state index contributed by atoms with van der Waals surface area (Å²) in [6.07, 6.45) is 10.6. The summed E-state index contributed by atoms with van der Waals surface area (Å²) in [4.78, 5) is 20.7. The monoisotopic (exact) mass is 467 g/mol. The number of amides is 1. The molecule has 0 bridgehead atoms. The molecule has 3 atom stereocenters. The van der Waals surface area contributed by atoms with Crippen molar-refractivity contribution < 1.29 is 9.53 Å². The Hall–Kier alpha value is -2.90. The zero-order valence-corrected chi connectivity index (χ0v) is 19.9. The Balaban J connectivity index is 1.26. The highest BCUT2D eigenvalue weighted by Crippen LogP contribution is 2.40. The van der Waals surface area contributed by atoms with Gasteiger partial charge in [-0.3, -0.25) is 9.89 Å². The summed E-state index contributed by atoms with van der Waals surface area (Å²) in [7, 11) is 2.19. The molecule has 0 radical (unpaired) electrons. The van der Waals surface area contributed by atoms with Gasteiger partial charge in [-0.25, -0.2) is 4.79 Å². The van der Waals surface area contributed by atoms with Crippen LogP contribution in [0.3, 0.4) is 0 Å². The largest absolute Gasteiger partial charge is 0.462 e. The third-order valence-corrected chi connectivity index (χ3v) is 6.72. The van der Waals surface area contributed by atoms with Crippen molar-refractivity contribution >= 4 is 24.3 Å². The molecule has 1 aliphatic heterocycles. The Morgan fingerprint density at radius 2 is 2.00 bits per heavy atom. The number of allylic oxidation sites excluding steroid dienone is 3. The van der Waals surface area contributed by atoms with Crippen LogP contribution in [0.25, 0.3) is 0 Å². The number of halogens is 1. The first-order valence-corrected chi connectivity index (χ1v) is 11.6. The molecule has 174 valence electrons. The number of rotatable bonds is 7. The van der Waals surface area contributed by atoms with Gasteiger partial charge in [-0.15, -0.1) is 0 Å². The van der Waals surface area contributed by atoms with E-state index in [-0.39, 0.29) is 6.03 Å². The van der Waals surface area contributed by atoms with Gasteiger partial charge in [0.2, 0.25) is 0 Å². The molecule has 33 heavy (non-hydrogen) atoms. The zero-order chi connectivity index (χ0) is 23.4. The maximum Gasteiger partial charge on any atom is 0.344 e. The van der Waals surface area contributed by atoms with Crippen LogP contribution in [0.4, 0.5) is 4.79 Å². The predicted octanol–water partition coefficient (Wildman–Crippen LogP) is 4.84. The van der Waals surface area contributed by atoms with Gasteiger partial charge in [-0.1, -0.05) is 23.7 Å². The molecule has 1 aliphatic carbocycles. The van der Waals surface area contributed by atoms with Gasteiger partial charge in [0.25, 0.3) is 0 Å². The van der Waals surface area contributed by atoms with Crippen LogP contribution in [0, 0.1) is 11.8 Å². The van der Waals surface area contributed by atoms with Gasteiger partial charge in [0.15, 0.2) is 0 Å². The summed E-state index contributed by atoms with van der Waals surface area (Å²) >= 11 is 5.90. The molecule has 0 spiro atoms. The maximum atomic E-state index is 12.6. The first kappa shape index (κ1) is 23.3. The summed E-state index contributed by atoms with van der Waals surface area (Å²) in [5, 5.41) is 4.53. The fourth-order valence-electron chi connectivity index (χ4n) is 4.87. The second-order valence-corrected chi connectivity index (χ2v) is 9.34. The van der Waals surface area contributed by atoms with Crippen molar-refractivity contribution in [3.05, 3.63) is 71.4 Å². The third kappa shape index (κ3) is 5.72. The van der Waals surface area contributed by atoms with Gasteiger partial charge < -0.3 is 9.64 Å². The lowest BCUT2D eigenvalue weighted by Crippen LogP contribution is -2.36. The van der Waals surface area contributed by atoms with E-state index < -0.39 is 0 Å². The number of hydrogen-bond acceptors (Lipinski definition) is 5. The Morgan fingerprint density at radius 3 is 2.61 bits per heavy atom. The molecule has 7 nitrogen and oxygen atoms in total. The molecule has 1 saturated carbocycles. The number of fused-ring (bicyclic) bond motifs is 1. The zero-order valence-electron chi connectivity index (χ0n) is 19.1. The molecule has 4 rings (SSSR count). The molecule has 2 aromatic rings. The number of aromatic nitrogens is 2. The maximum absolute atomic E-state index is 12.6. The van der Waals surface area contributed by atoms with Gasteiger partial charge in [-0.2, -0.15) is 9.78 Å². The van der Waals surface area contributed by atoms with Crippen LogP contribution in [-0.2, 0) is 6.54 Å². The van der Waals surface area contributed by atoms with E-state index in [0.29, 0.717) is 22.9 Å². The van der Waals surface area contributed by atoms with Crippen LogP contribution in [0.15, 0.2) is 65.8 Å². The fraction of sp³-hybridized carbons (Fsp3) is 0.400. The average molecular weight is 468 g/mol. The molecule has 8 heteroatoms. The standard InChI is InChI=1S/C25H30ClN5O2/c1-18(5-4-10-27-2)33-24-8-6-19(7-9-24)14-29(3)23-11-20-15-30(16-21(20)12-23)25(32)31-17-22(26)13-28-31/h4-10,13,17,20-21,23H,2,11-12,14-16H2,1,3H3/b10-4-,18-5+/t20-,21+,23-. The minimum Gasteiger partial charge on any atom is -0.462 e. The van der Waals surface area contributed by atoms with Gasteiger partial charge >= 0.3 is 6.03 Å². The van der Waals surface area contributed by atoms with Crippen LogP contribution < -0.4 is 4.74 Å². The van der Waals surface area contributed by atoms with Crippen LogP contribution in [0.1, 0.15) is 25.3 Å². The van der Waals surface area contributed by atoms with Crippen molar-refractivity contribution in [3.63, 3.8) is 0 Å². The van der Waals surface area contributed by atoms with E-state index in [0.717, 1.165) is 44.0 Å². The van der Waals surface area contributed by atoms with E-state index in [9.17, 15) is 4.79 Å². The summed E-state index contributed by atoms with van der Waals surface area (Å²) in [5.41, 5.74) is 1.26. The fourth-order valence-corrected chi connectivity index (χ4v) is 5.01. The molecule has 0 N–H and O–H groups in total. The van der Waals surface area contributed by atoms with Crippen molar-refractivity contribution in [2.24, 2.45) is 16.8 Å². The molecule has 1 aromatic carbocycles. The van der Waals surface area contributed by atoms with Crippen LogP contribution in [0.5, 0.6) is 5.75 Å². The van der Waals surface area contributed by atoms with Crippen molar-refractivity contribution in [1.82, 2.24) is 19.6 Å². The molecule has 2 fully saturated rings. The number of likely N-dealkylation sites (tertiary alicyclic amines) is 1. The average Bonchev–Trinajstić information content (AvgIpc) is 3.49. The first-order valence-electron chi connectivity index (χ1n) is 11.2. The van der Waals surface area contributed by atoms with Crippen molar-refractivity contribution in [1.29, 1.82) is 0 Å². The molecule has 1 aromatic heterocycles. The van der Waals surface area contributed by atoms with Crippen molar-refractivity contribution in [2.75, 3.05) is 20.1 Å². The lowest BCUT2D eigenvalue weighted by atomic mass is 10.0. The number of carbonyl (C=O) groups is 1. The van der Waals surface area contributed by atoms with Crippen LogP contribution in [0.2, 0.25) is 5.02 Å². The van der Waals surface area contributed by atoms with E-state index in [4.69, 9.17) is 16.3 Å². The summed E-state index contributed by atoms with van der Waals surface area (Å²) in [6, 6.07) is 8.69. The summed E-state index contributed by atoms with van der Waals surface area (Å²) in [6.45, 7) is 7.79. The van der Waals surface area contributed by atoms with E-state index in [1.807, 2.05) is 30.0 Å². The van der Waals surface area contributed by atoms with E-state index >= 15 is 0 Å². The Bertz CT molecular complexity index is 1030. The number of benzene rings is 1. The molecule has 0 unspecified atom stereocenters. The number of aliphatic imine (C=N–C) groups is 1. The first-order chi connectivity index (χ1) is 15.9. The summed E-state index contributed by atoms with van der Waals surface area (Å²) in [5.74, 6) is 2.70. The smallest absolute Gasteiger partial charge is 0.344 e. The number of nitrogens with zero attached hydrogens (tertiary/aromatic N) is 5. The highest BCUT2D eigenvalue weighted by Gasteiger charge is 2.43. The molecule has 2 heterocycles. The quantitative estimate of drug-likeness (QED) is 0.332. The number of ether oxygens (including phenoxy) is 1. The molecule has 2 aliphatic rings. The van der Waals surface area contributed by atoms with Gasteiger partial charge in [0.1, 0.15) is 11.5 Å². The minimum absolute atomic E-state index is 0.0815. The van der Waals surface area contributed by atoms with Crippen molar-refractivity contribution in [3.8, 4) is 5.75 Å². The minimum atomic E-state index is -0.0815. The SMILES string of the molecule is C=N/C=C\C=C(/C)Oc1ccc(CN(C)[C@@H]2C[C@@H]3CN(C(=O)n4cc(Cl)cn4)C[C@@H]3C2)cc1. The Morgan fingerprint density at radius 1 is 1.30 bits per heavy atom. The van der Waals surface area contributed by atoms with Crippen LogP contribution in [-0.4, -0.2) is 58.5 Å². The third-order valence-electron chi connectivity index (χ3n) is 6.52. The highest BCUT2D eigenvalue weighted by molar-refractivity contribution is 6.30. The second-order valence-electron chi connectivity index (χ2n) is 8.90. The topological polar surface area (TPSA) is 63.0 Å². The van der Waals surface area contributed by atoms with Gasteiger partial charge in [0, 0.05) is 31.9 Å². The lowest BCUT2D eigenvalue weighted by Gasteiger charge is -2.26. The molecule has 1 amide bonds. The van der Waals surface area contributed by atoms with E-state index in [1.165, 1.54) is 16.4 Å². The van der Waals surface area contributed by atoms with E-state index in [2.05, 4.69) is 40.9 Å². The predicted molar refractivity (Wildman–Crippen MR) is 131 cm³/mol.